The normalized spacial score (nSPS) is 11.3. The molecular formula is C13H18IN9. The van der Waals surface area contributed by atoms with Gasteiger partial charge in [0.1, 0.15) is 12.7 Å². The van der Waals surface area contributed by atoms with Crippen molar-refractivity contribution >= 4 is 35.6 Å². The molecule has 0 radical (unpaired) electrons. The van der Waals surface area contributed by atoms with E-state index in [1.807, 2.05) is 28.8 Å². The minimum atomic E-state index is 0. The van der Waals surface area contributed by atoms with E-state index in [4.69, 9.17) is 0 Å². The number of fused-ring (bicyclic) bond motifs is 1. The molecule has 2 N–H and O–H groups in total. The number of pyridine rings is 1. The minimum absolute atomic E-state index is 0. The summed E-state index contributed by atoms with van der Waals surface area (Å²) < 4.78 is 3.70. The molecule has 0 amide bonds. The van der Waals surface area contributed by atoms with Gasteiger partial charge in [0.05, 0.1) is 13.1 Å². The molecule has 9 nitrogen and oxygen atoms in total. The Morgan fingerprint density at radius 3 is 2.96 bits per heavy atom. The molecule has 0 aromatic carbocycles. The fraction of sp³-hybridized carbons (Fsp3) is 0.308. The van der Waals surface area contributed by atoms with Crippen molar-refractivity contribution in [2.24, 2.45) is 4.99 Å². The van der Waals surface area contributed by atoms with Crippen molar-refractivity contribution in [2.45, 2.75) is 13.1 Å². The van der Waals surface area contributed by atoms with E-state index in [1.165, 1.54) is 6.33 Å². The van der Waals surface area contributed by atoms with Crippen LogP contribution in [0.1, 0.15) is 5.82 Å². The molecular weight excluding hydrogens is 409 g/mol. The van der Waals surface area contributed by atoms with E-state index in [2.05, 4.69) is 35.9 Å². The lowest BCUT2D eigenvalue weighted by Crippen LogP contribution is -2.38. The van der Waals surface area contributed by atoms with Gasteiger partial charge in [-0.3, -0.25) is 14.1 Å². The predicted octanol–water partition coefficient (Wildman–Crippen LogP) is 0.304. The van der Waals surface area contributed by atoms with Crippen molar-refractivity contribution < 1.29 is 0 Å². The van der Waals surface area contributed by atoms with Crippen LogP contribution < -0.4 is 10.6 Å². The fourth-order valence-corrected chi connectivity index (χ4v) is 2.03. The molecule has 0 saturated heterocycles. The van der Waals surface area contributed by atoms with Crippen LogP contribution in [-0.4, -0.2) is 48.9 Å². The van der Waals surface area contributed by atoms with Crippen LogP contribution in [-0.2, 0) is 13.1 Å². The van der Waals surface area contributed by atoms with E-state index in [9.17, 15) is 0 Å². The summed E-state index contributed by atoms with van der Waals surface area (Å²) in [6.07, 6.45) is 5.14. The molecule has 0 fully saturated rings. The van der Waals surface area contributed by atoms with Crippen molar-refractivity contribution in [2.75, 3.05) is 13.6 Å². The summed E-state index contributed by atoms with van der Waals surface area (Å²) in [6, 6.07) is 5.80. The quantitative estimate of drug-likeness (QED) is 0.346. The van der Waals surface area contributed by atoms with Gasteiger partial charge in [0.25, 0.3) is 0 Å². The van der Waals surface area contributed by atoms with Crippen molar-refractivity contribution in [1.29, 1.82) is 0 Å². The van der Waals surface area contributed by atoms with Crippen molar-refractivity contribution in [3.05, 3.63) is 42.9 Å². The molecule has 3 aromatic heterocycles. The van der Waals surface area contributed by atoms with Crippen LogP contribution in [0.5, 0.6) is 0 Å². The van der Waals surface area contributed by atoms with Crippen molar-refractivity contribution in [3.8, 4) is 0 Å². The zero-order chi connectivity index (χ0) is 15.2. The number of guanidine groups is 1. The van der Waals surface area contributed by atoms with Gasteiger partial charge >= 0.3 is 0 Å². The highest BCUT2D eigenvalue weighted by molar-refractivity contribution is 14.0. The number of nitrogens with one attached hydrogen (secondary N) is 2. The molecule has 3 aromatic rings. The second-order valence-electron chi connectivity index (χ2n) is 4.56. The van der Waals surface area contributed by atoms with Gasteiger partial charge in [0, 0.05) is 19.8 Å². The Morgan fingerprint density at radius 2 is 2.17 bits per heavy atom. The Labute approximate surface area is 150 Å². The summed E-state index contributed by atoms with van der Waals surface area (Å²) in [6.45, 7) is 1.95. The van der Waals surface area contributed by atoms with Crippen LogP contribution in [0.25, 0.3) is 5.65 Å². The summed E-state index contributed by atoms with van der Waals surface area (Å²) in [7, 11) is 1.73. The summed E-state index contributed by atoms with van der Waals surface area (Å²) in [5.74, 6) is 1.53. The van der Waals surface area contributed by atoms with Crippen molar-refractivity contribution in [1.82, 2.24) is 40.0 Å². The highest BCUT2D eigenvalue weighted by atomic mass is 127. The average Bonchev–Trinajstić information content (AvgIpc) is 3.20. The Bertz CT molecular complexity index is 750. The molecule has 122 valence electrons. The standard InChI is InChI=1S/C13H17N9.HI/c1-14-13(16-5-7-21-10-15-9-18-21)17-8-12-20-19-11-4-2-3-6-22(11)12;/h2-4,6,9-10H,5,7-8H2,1H3,(H2,14,16,17);1H. The first-order valence-electron chi connectivity index (χ1n) is 6.92. The third kappa shape index (κ3) is 4.37. The maximum atomic E-state index is 4.18. The predicted molar refractivity (Wildman–Crippen MR) is 96.6 cm³/mol. The molecule has 0 spiro atoms. The Hall–Kier alpha value is -2.24. The van der Waals surface area contributed by atoms with E-state index in [-0.39, 0.29) is 24.0 Å². The Balaban J connectivity index is 0.00000192. The first-order valence-corrected chi connectivity index (χ1v) is 6.92. The molecule has 0 saturated carbocycles. The van der Waals surface area contributed by atoms with Gasteiger partial charge in [-0.25, -0.2) is 4.98 Å². The smallest absolute Gasteiger partial charge is 0.191 e. The minimum Gasteiger partial charge on any atom is -0.355 e. The number of nitrogens with zero attached hydrogens (tertiary/aromatic N) is 7. The lowest BCUT2D eigenvalue weighted by atomic mass is 10.4. The SMILES string of the molecule is CN=C(NCCn1cncn1)NCc1nnc2ccccn12.I. The maximum absolute atomic E-state index is 4.18. The highest BCUT2D eigenvalue weighted by Gasteiger charge is 2.05. The van der Waals surface area contributed by atoms with Gasteiger partial charge < -0.3 is 10.6 Å². The Morgan fingerprint density at radius 1 is 1.26 bits per heavy atom. The zero-order valence-electron chi connectivity index (χ0n) is 12.6. The number of aromatic nitrogens is 6. The number of hydrogen-bond donors (Lipinski definition) is 2. The topological polar surface area (TPSA) is 97.3 Å². The van der Waals surface area contributed by atoms with Crippen LogP contribution in [0.4, 0.5) is 0 Å². The number of hydrogen-bond acceptors (Lipinski definition) is 5. The number of halogens is 1. The summed E-state index contributed by atoms with van der Waals surface area (Å²) >= 11 is 0. The van der Waals surface area contributed by atoms with Crippen LogP contribution in [0.2, 0.25) is 0 Å². The first kappa shape index (κ1) is 17.1. The molecule has 0 bridgehead atoms. The Kier molecular flexibility index (Phi) is 6.26. The van der Waals surface area contributed by atoms with Crippen molar-refractivity contribution in [3.63, 3.8) is 0 Å². The molecule has 3 rings (SSSR count). The molecule has 0 aliphatic heterocycles. The third-order valence-corrected chi connectivity index (χ3v) is 3.12. The number of rotatable bonds is 5. The van der Waals surface area contributed by atoms with E-state index < -0.39 is 0 Å². The van der Waals surface area contributed by atoms with Crippen LogP contribution in [0, 0.1) is 0 Å². The molecule has 0 aliphatic rings. The van der Waals surface area contributed by atoms with Gasteiger partial charge in [-0.2, -0.15) is 5.10 Å². The monoisotopic (exact) mass is 427 g/mol. The summed E-state index contributed by atoms with van der Waals surface area (Å²) in [5, 5.41) is 18.7. The highest BCUT2D eigenvalue weighted by Crippen LogP contribution is 2.01. The fourth-order valence-electron chi connectivity index (χ4n) is 2.03. The van der Waals surface area contributed by atoms with Crippen LogP contribution >= 0.6 is 24.0 Å². The van der Waals surface area contributed by atoms with E-state index in [0.717, 1.165) is 11.5 Å². The second kappa shape index (κ2) is 8.41. The lowest BCUT2D eigenvalue weighted by molar-refractivity contribution is 0.595. The molecule has 3 heterocycles. The molecule has 10 heteroatoms. The van der Waals surface area contributed by atoms with Crippen LogP contribution in [0.3, 0.4) is 0 Å². The molecule has 23 heavy (non-hydrogen) atoms. The van der Waals surface area contributed by atoms with Gasteiger partial charge in [-0.15, -0.1) is 34.2 Å². The summed E-state index contributed by atoms with van der Waals surface area (Å²) in [5.41, 5.74) is 0.827. The third-order valence-electron chi connectivity index (χ3n) is 3.12. The number of aliphatic imine (C=N–C) groups is 1. The molecule has 0 aliphatic carbocycles. The molecule has 0 atom stereocenters. The van der Waals surface area contributed by atoms with Gasteiger partial charge in [-0.05, 0) is 12.1 Å². The average molecular weight is 427 g/mol. The first-order chi connectivity index (χ1) is 10.9. The zero-order valence-corrected chi connectivity index (χ0v) is 15.0. The molecule has 0 unspecified atom stereocenters. The van der Waals surface area contributed by atoms with Gasteiger partial charge in [0.2, 0.25) is 0 Å². The summed E-state index contributed by atoms with van der Waals surface area (Å²) in [4.78, 5) is 8.08. The van der Waals surface area contributed by atoms with Crippen LogP contribution in [0.15, 0.2) is 42.0 Å². The van der Waals surface area contributed by atoms with E-state index in [0.29, 0.717) is 25.6 Å². The largest absolute Gasteiger partial charge is 0.355 e. The van der Waals surface area contributed by atoms with Gasteiger partial charge in [-0.1, -0.05) is 6.07 Å². The van der Waals surface area contributed by atoms with E-state index >= 15 is 0 Å². The maximum Gasteiger partial charge on any atom is 0.191 e. The van der Waals surface area contributed by atoms with E-state index in [1.54, 1.807) is 18.1 Å². The van der Waals surface area contributed by atoms with Gasteiger partial charge in [0.15, 0.2) is 17.4 Å². The lowest BCUT2D eigenvalue weighted by Gasteiger charge is -2.11. The second-order valence-corrected chi connectivity index (χ2v) is 4.56.